The Morgan fingerprint density at radius 2 is 1.91 bits per heavy atom. The maximum absolute atomic E-state index is 11.9. The maximum Gasteiger partial charge on any atom is 0.417 e. The second-order valence-electron chi connectivity index (χ2n) is 4.74. The molecule has 3 rings (SSSR count). The topological polar surface area (TPSA) is 93.6 Å². The monoisotopic (exact) mass is 314 g/mol. The molecule has 2 aromatic carbocycles. The molecule has 0 unspecified atom stereocenters. The van der Waals surface area contributed by atoms with Crippen LogP contribution in [-0.2, 0) is 4.79 Å². The van der Waals surface area contributed by atoms with Crippen LogP contribution >= 0.6 is 0 Å². The van der Waals surface area contributed by atoms with E-state index in [1.54, 1.807) is 49.6 Å². The van der Waals surface area contributed by atoms with Crippen LogP contribution in [0.5, 0.6) is 11.5 Å². The highest BCUT2D eigenvalue weighted by Gasteiger charge is 2.06. The summed E-state index contributed by atoms with van der Waals surface area (Å²) in [7, 11) is 1.58. The highest BCUT2D eigenvalue weighted by Crippen LogP contribution is 2.18. The second-order valence-corrected chi connectivity index (χ2v) is 4.74. The molecule has 0 fully saturated rings. The number of carbonyl (C=O) groups is 1. The highest BCUT2D eigenvalue weighted by molar-refractivity contribution is 5.93. The van der Waals surface area contributed by atoms with E-state index in [1.165, 1.54) is 0 Å². The molecule has 0 saturated carbocycles. The summed E-state index contributed by atoms with van der Waals surface area (Å²) in [6.45, 7) is -0.133. The van der Waals surface area contributed by atoms with Gasteiger partial charge >= 0.3 is 5.76 Å². The van der Waals surface area contributed by atoms with Crippen molar-refractivity contribution in [3.63, 3.8) is 0 Å². The first-order valence-corrected chi connectivity index (χ1v) is 6.83. The van der Waals surface area contributed by atoms with Gasteiger partial charge in [-0.1, -0.05) is 0 Å². The van der Waals surface area contributed by atoms with E-state index in [0.717, 1.165) is 0 Å². The zero-order valence-electron chi connectivity index (χ0n) is 12.3. The van der Waals surface area contributed by atoms with Crippen molar-refractivity contribution in [2.75, 3.05) is 19.0 Å². The number of benzene rings is 2. The number of oxazole rings is 1. The average molecular weight is 314 g/mol. The van der Waals surface area contributed by atoms with Crippen molar-refractivity contribution in [1.82, 2.24) is 4.98 Å². The number of rotatable bonds is 5. The lowest BCUT2D eigenvalue weighted by molar-refractivity contribution is -0.118. The van der Waals surface area contributed by atoms with Crippen molar-refractivity contribution in [2.45, 2.75) is 0 Å². The molecule has 1 aromatic heterocycles. The number of anilines is 1. The third kappa shape index (κ3) is 3.52. The van der Waals surface area contributed by atoms with E-state index in [9.17, 15) is 9.59 Å². The lowest BCUT2D eigenvalue weighted by Crippen LogP contribution is -2.20. The third-order valence-corrected chi connectivity index (χ3v) is 3.13. The van der Waals surface area contributed by atoms with Crippen LogP contribution in [0.1, 0.15) is 0 Å². The molecule has 0 bridgehead atoms. The van der Waals surface area contributed by atoms with E-state index in [4.69, 9.17) is 13.9 Å². The first kappa shape index (κ1) is 14.7. The molecule has 7 heteroatoms. The van der Waals surface area contributed by atoms with Gasteiger partial charge in [-0.3, -0.25) is 9.78 Å². The third-order valence-electron chi connectivity index (χ3n) is 3.13. The van der Waals surface area contributed by atoms with Crippen LogP contribution in [0.15, 0.2) is 51.7 Å². The van der Waals surface area contributed by atoms with Crippen molar-refractivity contribution in [1.29, 1.82) is 0 Å². The predicted octanol–water partition coefficient (Wildman–Crippen LogP) is 2.15. The number of ether oxygens (including phenoxy) is 2. The Balaban J connectivity index is 1.60. The smallest absolute Gasteiger partial charge is 0.417 e. The Morgan fingerprint density at radius 3 is 2.65 bits per heavy atom. The van der Waals surface area contributed by atoms with E-state index >= 15 is 0 Å². The van der Waals surface area contributed by atoms with Crippen LogP contribution in [0.2, 0.25) is 0 Å². The number of methoxy groups -OCH3 is 1. The Bertz CT molecular complexity index is 879. The van der Waals surface area contributed by atoms with Gasteiger partial charge in [0.1, 0.15) is 11.5 Å². The molecule has 0 saturated heterocycles. The summed E-state index contributed by atoms with van der Waals surface area (Å²) in [4.78, 5) is 25.5. The number of nitrogens with one attached hydrogen (secondary N) is 2. The van der Waals surface area contributed by atoms with Crippen LogP contribution in [0.25, 0.3) is 11.1 Å². The van der Waals surface area contributed by atoms with Gasteiger partial charge in [-0.25, -0.2) is 4.79 Å². The number of aromatic amines is 1. The van der Waals surface area contributed by atoms with Crippen molar-refractivity contribution in [3.8, 4) is 11.5 Å². The molecule has 7 nitrogen and oxygen atoms in total. The molecule has 1 heterocycles. The number of hydrogen-bond donors (Lipinski definition) is 2. The Kier molecular flexibility index (Phi) is 4.01. The fraction of sp³-hybridized carbons (Fsp3) is 0.125. The lowest BCUT2D eigenvalue weighted by Gasteiger charge is -2.08. The van der Waals surface area contributed by atoms with Gasteiger partial charge in [0.05, 0.1) is 12.6 Å². The predicted molar refractivity (Wildman–Crippen MR) is 84.0 cm³/mol. The number of amides is 1. The van der Waals surface area contributed by atoms with Gasteiger partial charge in [0, 0.05) is 5.69 Å². The van der Waals surface area contributed by atoms with Gasteiger partial charge in [0.15, 0.2) is 12.2 Å². The quantitative estimate of drug-likeness (QED) is 0.752. The molecular weight excluding hydrogens is 300 g/mol. The van der Waals surface area contributed by atoms with Gasteiger partial charge in [0.2, 0.25) is 0 Å². The molecule has 1 amide bonds. The van der Waals surface area contributed by atoms with E-state index in [1.807, 2.05) is 0 Å². The minimum Gasteiger partial charge on any atom is -0.497 e. The van der Waals surface area contributed by atoms with Gasteiger partial charge < -0.3 is 19.2 Å². The number of H-pyrrole nitrogens is 1. The fourth-order valence-corrected chi connectivity index (χ4v) is 2.05. The van der Waals surface area contributed by atoms with E-state index in [2.05, 4.69) is 10.3 Å². The summed E-state index contributed by atoms with van der Waals surface area (Å²) in [5, 5.41) is 2.68. The van der Waals surface area contributed by atoms with Gasteiger partial charge in [-0.05, 0) is 42.5 Å². The van der Waals surface area contributed by atoms with Crippen LogP contribution in [-0.4, -0.2) is 24.6 Å². The van der Waals surface area contributed by atoms with Crippen LogP contribution in [0, 0.1) is 0 Å². The molecule has 118 valence electrons. The number of carbonyl (C=O) groups excluding carboxylic acids is 1. The molecule has 23 heavy (non-hydrogen) atoms. The molecular formula is C16H14N2O5. The average Bonchev–Trinajstić information content (AvgIpc) is 2.92. The molecule has 0 atom stereocenters. The zero-order chi connectivity index (χ0) is 16.2. The van der Waals surface area contributed by atoms with Crippen LogP contribution in [0.4, 0.5) is 5.69 Å². The van der Waals surface area contributed by atoms with Crippen LogP contribution in [0.3, 0.4) is 0 Å². The van der Waals surface area contributed by atoms with E-state index < -0.39 is 5.76 Å². The van der Waals surface area contributed by atoms with Gasteiger partial charge in [-0.2, -0.15) is 0 Å². The van der Waals surface area contributed by atoms with Gasteiger partial charge in [0.25, 0.3) is 5.91 Å². The first-order chi connectivity index (χ1) is 11.1. The molecule has 0 aliphatic rings. The summed E-state index contributed by atoms with van der Waals surface area (Å²) in [6.07, 6.45) is 0. The number of aromatic nitrogens is 1. The van der Waals surface area contributed by atoms with Crippen molar-refractivity contribution in [3.05, 3.63) is 53.0 Å². The largest absolute Gasteiger partial charge is 0.497 e. The van der Waals surface area contributed by atoms with Crippen LogP contribution < -0.4 is 20.5 Å². The summed E-state index contributed by atoms with van der Waals surface area (Å²) < 4.78 is 15.3. The summed E-state index contributed by atoms with van der Waals surface area (Å²) in [5.41, 5.74) is 1.49. The standard InChI is InChI=1S/C16H14N2O5/c1-21-11-3-5-12(6-4-11)22-9-15(19)17-10-2-7-14-13(8-10)18-16(20)23-14/h2-8H,9H2,1H3,(H,17,19)(H,18,20). The molecule has 0 spiro atoms. The van der Waals surface area contributed by atoms with Crippen molar-refractivity contribution < 1.29 is 18.7 Å². The molecule has 0 radical (unpaired) electrons. The number of hydrogen-bond acceptors (Lipinski definition) is 5. The molecule has 0 aliphatic carbocycles. The number of fused-ring (bicyclic) bond motifs is 1. The maximum atomic E-state index is 11.9. The molecule has 0 aliphatic heterocycles. The second kappa shape index (κ2) is 6.27. The van der Waals surface area contributed by atoms with Crippen molar-refractivity contribution >= 4 is 22.7 Å². The molecule has 3 aromatic rings. The minimum absolute atomic E-state index is 0.133. The SMILES string of the molecule is COc1ccc(OCC(=O)Nc2ccc3oc(=O)[nH]c3c2)cc1. The Hall–Kier alpha value is -3.22. The van der Waals surface area contributed by atoms with Gasteiger partial charge in [-0.15, -0.1) is 0 Å². The highest BCUT2D eigenvalue weighted by atomic mass is 16.5. The Morgan fingerprint density at radius 1 is 1.17 bits per heavy atom. The molecule has 2 N–H and O–H groups in total. The minimum atomic E-state index is -0.536. The summed E-state index contributed by atoms with van der Waals surface area (Å²) in [5.74, 6) is 0.428. The fourth-order valence-electron chi connectivity index (χ4n) is 2.05. The summed E-state index contributed by atoms with van der Waals surface area (Å²) in [6, 6.07) is 11.8. The van der Waals surface area contributed by atoms with E-state index in [-0.39, 0.29) is 12.5 Å². The zero-order valence-corrected chi connectivity index (χ0v) is 12.3. The van der Waals surface area contributed by atoms with E-state index in [0.29, 0.717) is 28.3 Å². The summed E-state index contributed by atoms with van der Waals surface area (Å²) >= 11 is 0. The van der Waals surface area contributed by atoms with Crippen molar-refractivity contribution in [2.24, 2.45) is 0 Å². The normalized spacial score (nSPS) is 10.5. The first-order valence-electron chi connectivity index (χ1n) is 6.83. The lowest BCUT2D eigenvalue weighted by atomic mass is 10.3. The Labute approximate surface area is 130 Å².